The molecule has 0 saturated heterocycles. The van der Waals surface area contributed by atoms with E-state index >= 15 is 0 Å². The summed E-state index contributed by atoms with van der Waals surface area (Å²) in [5.74, 6) is 0. The molecule has 1 aromatic carbocycles. The van der Waals surface area contributed by atoms with Crippen molar-refractivity contribution in [1.82, 2.24) is 0 Å². The molecule has 0 fully saturated rings. The van der Waals surface area contributed by atoms with Gasteiger partial charge in [-0.25, -0.2) is 0 Å². The minimum atomic E-state index is 0. The predicted octanol–water partition coefficient (Wildman–Crippen LogP) is 2.11. The molecule has 4 nitrogen and oxygen atoms in total. The van der Waals surface area contributed by atoms with Crippen molar-refractivity contribution in [1.29, 1.82) is 0 Å². The van der Waals surface area contributed by atoms with Crippen molar-refractivity contribution >= 4 is 12.2 Å². The van der Waals surface area contributed by atoms with E-state index in [-0.39, 0.29) is 7.43 Å². The van der Waals surface area contributed by atoms with Crippen molar-refractivity contribution < 1.29 is 9.59 Å². The summed E-state index contributed by atoms with van der Waals surface area (Å²) in [7, 11) is 0. The number of carbonyl (C=O) groups excluding carboxylic acids is 2. The second-order valence-corrected chi connectivity index (χ2v) is 1.34. The Bertz CT molecular complexity index is 196. The fraction of sp³-hybridized carbons (Fsp3) is 0.111. The van der Waals surface area contributed by atoms with Gasteiger partial charge < -0.3 is 10.8 Å². The third-order valence-electron chi connectivity index (χ3n) is 0.667. The van der Waals surface area contributed by atoms with Crippen LogP contribution in [0.15, 0.2) is 36.4 Å². The summed E-state index contributed by atoms with van der Waals surface area (Å²) in [6, 6.07) is 12.0. The second kappa shape index (κ2) is 22.5. The van der Waals surface area contributed by atoms with Gasteiger partial charge in [-0.1, -0.05) is 43.8 Å². The van der Waals surface area contributed by atoms with Crippen LogP contribution < -0.4 is 0 Å². The maximum atomic E-state index is 8.24. The van der Waals surface area contributed by atoms with E-state index in [1.165, 1.54) is 0 Å². The highest BCUT2D eigenvalue weighted by Gasteiger charge is 1.57. The lowest BCUT2D eigenvalue weighted by atomic mass is 10.4. The number of rotatable bonds is 0. The van der Waals surface area contributed by atoms with E-state index in [4.69, 9.17) is 20.4 Å². The molecule has 1 aromatic rings. The van der Waals surface area contributed by atoms with Crippen molar-refractivity contribution in [3.05, 3.63) is 47.2 Å². The molecule has 4 heteroatoms. The van der Waals surface area contributed by atoms with Crippen LogP contribution in [-0.2, 0) is 9.59 Å². The largest absolute Gasteiger partial charge is 0.724 e. The number of benzene rings is 1. The summed E-state index contributed by atoms with van der Waals surface area (Å²) in [6.07, 6.45) is 1.00. The molecule has 0 heterocycles. The molecule has 0 unspecified atom stereocenters. The molecule has 1 rings (SSSR count). The lowest BCUT2D eigenvalue weighted by molar-refractivity contribution is 0.568. The SMILES string of the molecule is C.[N-]=C=O.[N-]=C=O.c1ccccc1. The molecule has 0 aliphatic rings. The van der Waals surface area contributed by atoms with Gasteiger partial charge in [0.15, 0.2) is 0 Å². The van der Waals surface area contributed by atoms with Crippen molar-refractivity contribution in [3.63, 3.8) is 0 Å². The topological polar surface area (TPSA) is 78.7 Å². The predicted molar refractivity (Wildman–Crippen MR) is 51.3 cm³/mol. The van der Waals surface area contributed by atoms with E-state index in [0.717, 1.165) is 0 Å². The van der Waals surface area contributed by atoms with E-state index in [9.17, 15) is 0 Å². The Balaban J connectivity index is -0.000000126. The maximum Gasteiger partial charge on any atom is -0.0159 e. The first kappa shape index (κ1) is 17.2. The zero-order chi connectivity index (χ0) is 9.66. The van der Waals surface area contributed by atoms with Gasteiger partial charge in [0.2, 0.25) is 0 Å². The Kier molecular flexibility index (Phi) is 29.7. The third-order valence-corrected chi connectivity index (χ3v) is 0.667. The Labute approximate surface area is 77.2 Å². The summed E-state index contributed by atoms with van der Waals surface area (Å²) < 4.78 is 0. The number of isocyanates is 2. The van der Waals surface area contributed by atoms with Gasteiger partial charge in [-0.15, -0.1) is 0 Å². The molecule has 0 bridgehead atoms. The molecule has 0 aromatic heterocycles. The summed E-state index contributed by atoms with van der Waals surface area (Å²) in [4.78, 5) is 16.5. The van der Waals surface area contributed by atoms with E-state index in [1.807, 2.05) is 36.4 Å². The van der Waals surface area contributed by atoms with E-state index < -0.39 is 0 Å². The van der Waals surface area contributed by atoms with E-state index in [1.54, 1.807) is 0 Å². The third kappa shape index (κ3) is 40.1. The quantitative estimate of drug-likeness (QED) is 0.450. The first-order valence-electron chi connectivity index (χ1n) is 2.86. The Hall–Kier alpha value is -2.02. The molecule has 0 radical (unpaired) electrons. The summed E-state index contributed by atoms with van der Waals surface area (Å²) >= 11 is 0. The van der Waals surface area contributed by atoms with Crippen LogP contribution in [0, 0.1) is 0 Å². The lowest BCUT2D eigenvalue weighted by Crippen LogP contribution is -1.47. The highest BCUT2D eigenvalue weighted by molar-refractivity contribution is 5.37. The van der Waals surface area contributed by atoms with Crippen molar-refractivity contribution in [2.45, 2.75) is 7.43 Å². The summed E-state index contributed by atoms with van der Waals surface area (Å²) in [6.45, 7) is 0. The average molecular weight is 178 g/mol. The first-order chi connectivity index (χ1) is 5.83. The Morgan fingerprint density at radius 2 is 0.769 bits per heavy atom. The minimum Gasteiger partial charge on any atom is -0.724 e. The van der Waals surface area contributed by atoms with E-state index in [2.05, 4.69) is 0 Å². The van der Waals surface area contributed by atoms with Gasteiger partial charge in [-0.2, -0.15) is 0 Å². The Morgan fingerprint density at radius 1 is 0.692 bits per heavy atom. The van der Waals surface area contributed by atoms with Gasteiger partial charge in [0.05, 0.1) is 0 Å². The monoisotopic (exact) mass is 178 g/mol. The van der Waals surface area contributed by atoms with Gasteiger partial charge in [-0.3, -0.25) is 9.59 Å². The molecule has 0 saturated carbocycles. The fourth-order valence-electron chi connectivity index (χ4n) is 0.385. The minimum absolute atomic E-state index is 0. The van der Waals surface area contributed by atoms with Gasteiger partial charge >= 0.3 is 0 Å². The smallest absolute Gasteiger partial charge is 0.0159 e. The van der Waals surface area contributed by atoms with Crippen molar-refractivity contribution in [2.75, 3.05) is 0 Å². The molecule has 0 aliphatic carbocycles. The molecular weight excluding hydrogens is 168 g/mol. The zero-order valence-corrected chi connectivity index (χ0v) is 6.18. The van der Waals surface area contributed by atoms with E-state index in [0.29, 0.717) is 12.2 Å². The second-order valence-electron chi connectivity index (χ2n) is 1.34. The normalized spacial score (nSPS) is 4.92. The first-order valence-corrected chi connectivity index (χ1v) is 2.86. The van der Waals surface area contributed by atoms with Crippen LogP contribution >= 0.6 is 0 Å². The van der Waals surface area contributed by atoms with Gasteiger partial charge in [0.1, 0.15) is 0 Å². The van der Waals surface area contributed by atoms with Gasteiger partial charge in [-0.05, 0) is 12.2 Å². The number of nitrogens with zero attached hydrogens (tertiary/aromatic N) is 2. The highest BCUT2D eigenvalue weighted by atomic mass is 16.1. The van der Waals surface area contributed by atoms with Crippen molar-refractivity contribution in [3.8, 4) is 0 Å². The molecule has 0 spiro atoms. The van der Waals surface area contributed by atoms with Crippen LogP contribution in [0.5, 0.6) is 0 Å². The zero-order valence-electron chi connectivity index (χ0n) is 6.18. The molecular formula is C9H10N2O2-2. The molecule has 13 heavy (non-hydrogen) atoms. The van der Waals surface area contributed by atoms with Gasteiger partial charge in [0.25, 0.3) is 0 Å². The standard InChI is InChI=1S/C6H6.2CNO.CH4/c1-2-4-6-5-3-1;2*2-1-3;/h1-6H;;;1H4/q;2*-1;. The van der Waals surface area contributed by atoms with Crippen LogP contribution in [0.25, 0.3) is 10.8 Å². The average Bonchev–Trinajstić information content (AvgIpc) is 2.10. The number of hydrogen-bond acceptors (Lipinski definition) is 2. The highest BCUT2D eigenvalue weighted by Crippen LogP contribution is 1.79. The lowest BCUT2D eigenvalue weighted by Gasteiger charge is -1.69. The molecule has 0 N–H and O–H groups in total. The maximum absolute atomic E-state index is 8.24. The van der Waals surface area contributed by atoms with Gasteiger partial charge in [0, 0.05) is 0 Å². The van der Waals surface area contributed by atoms with Crippen molar-refractivity contribution in [2.24, 2.45) is 0 Å². The molecule has 0 amide bonds. The van der Waals surface area contributed by atoms with Crippen LogP contribution in [-0.4, -0.2) is 12.2 Å². The molecule has 0 aliphatic heterocycles. The van der Waals surface area contributed by atoms with Crippen LogP contribution in [0.4, 0.5) is 0 Å². The fourth-order valence-corrected chi connectivity index (χ4v) is 0.385. The summed E-state index contributed by atoms with van der Waals surface area (Å²) in [5, 5.41) is 13.5. The Morgan fingerprint density at radius 3 is 0.846 bits per heavy atom. The summed E-state index contributed by atoms with van der Waals surface area (Å²) in [5.41, 5.74) is 0. The molecule has 70 valence electrons. The molecule has 0 atom stereocenters. The van der Waals surface area contributed by atoms with Crippen LogP contribution in [0.1, 0.15) is 7.43 Å². The van der Waals surface area contributed by atoms with Crippen LogP contribution in [0.3, 0.4) is 0 Å². The number of hydrogen-bond donors (Lipinski definition) is 0. The van der Waals surface area contributed by atoms with Crippen LogP contribution in [0.2, 0.25) is 0 Å².